The van der Waals surface area contributed by atoms with Gasteiger partial charge in [0.2, 0.25) is 0 Å². The Morgan fingerprint density at radius 2 is 2.21 bits per heavy atom. The molecule has 0 amide bonds. The molecule has 0 aliphatic heterocycles. The molecule has 0 saturated heterocycles. The van der Waals surface area contributed by atoms with E-state index in [2.05, 4.69) is 31.0 Å². The number of benzene rings is 1. The standard InChI is InChI=1S/C19H15BrN4O3S/c1-11-16(17-21-6-3-7-24(17)23-11)19(25)27-9-13-10-28-18(22-13)14-8-12(20)4-5-15(14)26-2/h3-8,10H,9H2,1-2H3. The van der Waals surface area contributed by atoms with Crippen LogP contribution in [0, 0.1) is 6.92 Å². The van der Waals surface area contributed by atoms with E-state index in [0.29, 0.717) is 22.6 Å². The quantitative estimate of drug-likeness (QED) is 0.415. The third-order valence-electron chi connectivity index (χ3n) is 4.07. The van der Waals surface area contributed by atoms with E-state index in [1.807, 2.05) is 23.6 Å². The fraction of sp³-hybridized carbons (Fsp3) is 0.158. The summed E-state index contributed by atoms with van der Waals surface area (Å²) in [5, 5.41) is 6.94. The van der Waals surface area contributed by atoms with Crippen LogP contribution >= 0.6 is 27.3 Å². The van der Waals surface area contributed by atoms with Gasteiger partial charge in [0.1, 0.15) is 22.9 Å². The SMILES string of the molecule is COc1ccc(Br)cc1-c1nc(COC(=O)c2c(C)nn3cccnc23)cs1. The Labute approximate surface area is 173 Å². The summed E-state index contributed by atoms with van der Waals surface area (Å²) in [4.78, 5) is 21.4. The van der Waals surface area contributed by atoms with Crippen molar-refractivity contribution in [1.29, 1.82) is 0 Å². The van der Waals surface area contributed by atoms with Crippen LogP contribution in [0.15, 0.2) is 46.5 Å². The van der Waals surface area contributed by atoms with Crippen molar-refractivity contribution in [3.63, 3.8) is 0 Å². The molecule has 4 rings (SSSR count). The van der Waals surface area contributed by atoms with Gasteiger partial charge < -0.3 is 9.47 Å². The highest BCUT2D eigenvalue weighted by Gasteiger charge is 2.20. The number of methoxy groups -OCH3 is 1. The zero-order chi connectivity index (χ0) is 19.7. The largest absolute Gasteiger partial charge is 0.496 e. The zero-order valence-electron chi connectivity index (χ0n) is 15.0. The fourth-order valence-corrected chi connectivity index (χ4v) is 3.98. The predicted molar refractivity (Wildman–Crippen MR) is 109 cm³/mol. The van der Waals surface area contributed by atoms with E-state index < -0.39 is 5.97 Å². The second-order valence-electron chi connectivity index (χ2n) is 5.91. The first kappa shape index (κ1) is 18.6. The van der Waals surface area contributed by atoms with Crippen LogP contribution in [0.1, 0.15) is 21.7 Å². The van der Waals surface area contributed by atoms with Crippen LogP contribution in [0.3, 0.4) is 0 Å². The van der Waals surface area contributed by atoms with E-state index in [-0.39, 0.29) is 6.61 Å². The first-order valence-electron chi connectivity index (χ1n) is 8.32. The van der Waals surface area contributed by atoms with Crippen molar-refractivity contribution >= 4 is 38.9 Å². The Balaban J connectivity index is 1.53. The molecule has 7 nitrogen and oxygen atoms in total. The van der Waals surface area contributed by atoms with Gasteiger partial charge >= 0.3 is 5.97 Å². The Morgan fingerprint density at radius 3 is 3.04 bits per heavy atom. The topological polar surface area (TPSA) is 78.6 Å². The number of fused-ring (bicyclic) bond motifs is 1. The number of thiazole rings is 1. The lowest BCUT2D eigenvalue weighted by Crippen LogP contribution is -2.07. The van der Waals surface area contributed by atoms with E-state index in [9.17, 15) is 4.79 Å². The van der Waals surface area contributed by atoms with E-state index in [1.54, 1.807) is 37.0 Å². The van der Waals surface area contributed by atoms with Crippen LogP contribution in [0.2, 0.25) is 0 Å². The summed E-state index contributed by atoms with van der Waals surface area (Å²) in [6.45, 7) is 1.82. The second-order valence-corrected chi connectivity index (χ2v) is 7.69. The van der Waals surface area contributed by atoms with Crippen molar-refractivity contribution in [2.24, 2.45) is 0 Å². The molecular weight excluding hydrogens is 444 g/mol. The number of aryl methyl sites for hydroxylation is 1. The van der Waals surface area contributed by atoms with Gasteiger partial charge in [-0.05, 0) is 31.2 Å². The molecule has 3 aromatic heterocycles. The molecule has 0 spiro atoms. The van der Waals surface area contributed by atoms with Crippen molar-refractivity contribution in [3.05, 3.63) is 63.5 Å². The summed E-state index contributed by atoms with van der Waals surface area (Å²) in [5.74, 6) is 0.259. The van der Waals surface area contributed by atoms with Crippen LogP contribution < -0.4 is 4.74 Å². The first-order chi connectivity index (χ1) is 13.6. The van der Waals surface area contributed by atoms with Gasteiger partial charge in [-0.3, -0.25) is 0 Å². The molecule has 0 unspecified atom stereocenters. The van der Waals surface area contributed by atoms with Crippen LogP contribution in [0.5, 0.6) is 5.75 Å². The molecule has 9 heteroatoms. The summed E-state index contributed by atoms with van der Waals surface area (Å²) >= 11 is 4.93. The van der Waals surface area contributed by atoms with E-state index >= 15 is 0 Å². The third-order valence-corrected chi connectivity index (χ3v) is 5.49. The molecule has 0 fully saturated rings. The summed E-state index contributed by atoms with van der Waals surface area (Å²) in [6, 6.07) is 7.48. The Bertz CT molecular complexity index is 1170. The van der Waals surface area contributed by atoms with E-state index in [0.717, 1.165) is 20.8 Å². The Hall–Kier alpha value is -2.78. The number of halogens is 1. The fourth-order valence-electron chi connectivity index (χ4n) is 2.79. The molecule has 28 heavy (non-hydrogen) atoms. The van der Waals surface area contributed by atoms with Gasteiger partial charge in [0.05, 0.1) is 24.1 Å². The smallest absolute Gasteiger partial charge is 0.344 e. The lowest BCUT2D eigenvalue weighted by atomic mass is 10.2. The van der Waals surface area contributed by atoms with Crippen LogP contribution in [-0.2, 0) is 11.3 Å². The van der Waals surface area contributed by atoms with Crippen molar-refractivity contribution in [3.8, 4) is 16.3 Å². The number of carbonyl (C=O) groups is 1. The lowest BCUT2D eigenvalue weighted by molar-refractivity contribution is 0.0469. The molecule has 3 heterocycles. The summed E-state index contributed by atoms with van der Waals surface area (Å²) < 4.78 is 13.4. The van der Waals surface area contributed by atoms with Gasteiger partial charge in [-0.25, -0.2) is 19.3 Å². The van der Waals surface area contributed by atoms with Crippen molar-refractivity contribution in [1.82, 2.24) is 19.6 Å². The Kier molecular flexibility index (Phi) is 5.10. The maximum absolute atomic E-state index is 12.6. The molecule has 0 saturated carbocycles. The molecule has 142 valence electrons. The average molecular weight is 459 g/mol. The van der Waals surface area contributed by atoms with Crippen molar-refractivity contribution < 1.29 is 14.3 Å². The number of aromatic nitrogens is 4. The number of hydrogen-bond acceptors (Lipinski definition) is 7. The zero-order valence-corrected chi connectivity index (χ0v) is 17.5. The minimum Gasteiger partial charge on any atom is -0.496 e. The molecule has 0 N–H and O–H groups in total. The van der Waals surface area contributed by atoms with Gasteiger partial charge in [0.25, 0.3) is 0 Å². The number of nitrogens with zero attached hydrogens (tertiary/aromatic N) is 4. The van der Waals surface area contributed by atoms with Crippen molar-refractivity contribution in [2.45, 2.75) is 13.5 Å². The second kappa shape index (κ2) is 7.69. The maximum Gasteiger partial charge on any atom is 0.344 e. The molecule has 0 aliphatic carbocycles. The Morgan fingerprint density at radius 1 is 1.36 bits per heavy atom. The van der Waals surface area contributed by atoms with Gasteiger partial charge in [-0.15, -0.1) is 11.3 Å². The first-order valence-corrected chi connectivity index (χ1v) is 9.99. The van der Waals surface area contributed by atoms with E-state index in [1.165, 1.54) is 11.3 Å². The summed E-state index contributed by atoms with van der Waals surface area (Å²) in [6.07, 6.45) is 3.36. The summed E-state index contributed by atoms with van der Waals surface area (Å²) in [5.41, 5.74) is 2.95. The van der Waals surface area contributed by atoms with Crippen molar-refractivity contribution in [2.75, 3.05) is 7.11 Å². The number of carbonyl (C=O) groups excluding carboxylic acids is 1. The number of rotatable bonds is 5. The molecule has 0 bridgehead atoms. The van der Waals surface area contributed by atoms with Gasteiger partial charge in [-0.2, -0.15) is 5.10 Å². The normalized spacial score (nSPS) is 11.0. The van der Waals surface area contributed by atoms with E-state index in [4.69, 9.17) is 9.47 Å². The van der Waals surface area contributed by atoms with Gasteiger partial charge in [-0.1, -0.05) is 15.9 Å². The highest BCUT2D eigenvalue weighted by atomic mass is 79.9. The average Bonchev–Trinajstić information content (AvgIpc) is 3.29. The number of hydrogen-bond donors (Lipinski definition) is 0. The number of esters is 1. The predicted octanol–water partition coefficient (Wildman–Crippen LogP) is 4.29. The van der Waals surface area contributed by atoms with Crippen LogP contribution in [-0.4, -0.2) is 32.7 Å². The molecule has 0 radical (unpaired) electrons. The minimum absolute atomic E-state index is 0.0647. The van der Waals surface area contributed by atoms with Crippen LogP contribution in [0.25, 0.3) is 16.2 Å². The van der Waals surface area contributed by atoms with Crippen LogP contribution in [0.4, 0.5) is 0 Å². The molecule has 1 aromatic carbocycles. The minimum atomic E-state index is -0.471. The highest BCUT2D eigenvalue weighted by Crippen LogP contribution is 2.34. The number of ether oxygens (including phenoxy) is 2. The molecule has 4 aromatic rings. The molecule has 0 aliphatic rings. The summed E-state index contributed by atoms with van der Waals surface area (Å²) in [7, 11) is 1.62. The van der Waals surface area contributed by atoms with Gasteiger partial charge in [0.15, 0.2) is 5.65 Å². The van der Waals surface area contributed by atoms with Gasteiger partial charge in [0, 0.05) is 22.2 Å². The third kappa shape index (κ3) is 3.50. The lowest BCUT2D eigenvalue weighted by Gasteiger charge is -2.06. The monoisotopic (exact) mass is 458 g/mol. The highest BCUT2D eigenvalue weighted by molar-refractivity contribution is 9.10. The maximum atomic E-state index is 12.6. The molecular formula is C19H15BrN4O3S. The molecule has 0 atom stereocenters.